The molecule has 124 valence electrons. The summed E-state index contributed by atoms with van der Waals surface area (Å²) < 4.78 is 7.46. The van der Waals surface area contributed by atoms with E-state index in [-0.39, 0.29) is 18.2 Å². The maximum atomic E-state index is 11.9. The number of rotatable bonds is 4. The molecule has 2 aromatic rings. The van der Waals surface area contributed by atoms with Crippen molar-refractivity contribution in [1.82, 2.24) is 20.2 Å². The van der Waals surface area contributed by atoms with Gasteiger partial charge < -0.3 is 19.9 Å². The molecule has 0 spiro atoms. The highest BCUT2D eigenvalue weighted by Gasteiger charge is 2.25. The summed E-state index contributed by atoms with van der Waals surface area (Å²) in [6.45, 7) is 3.20. The third kappa shape index (κ3) is 3.59. The van der Waals surface area contributed by atoms with Gasteiger partial charge in [0.2, 0.25) is 0 Å². The molecule has 1 aromatic carbocycles. The monoisotopic (exact) mass is 336 g/mol. The first kappa shape index (κ1) is 16.1. The summed E-state index contributed by atoms with van der Waals surface area (Å²) in [7, 11) is 1.97. The lowest BCUT2D eigenvalue weighted by molar-refractivity contribution is 0.114. The number of ether oxygens (including phenoxy) is 1. The molecule has 0 unspecified atom stereocenters. The molecule has 2 amide bonds. The van der Waals surface area contributed by atoms with Crippen molar-refractivity contribution in [3.8, 4) is 0 Å². The first-order chi connectivity index (χ1) is 11.0. The zero-order valence-electron chi connectivity index (χ0n) is 13.3. The molecule has 1 fully saturated rings. The van der Waals surface area contributed by atoms with Gasteiger partial charge in [-0.1, -0.05) is 11.6 Å². The molecule has 1 aliphatic rings. The molecule has 0 aliphatic carbocycles. The zero-order chi connectivity index (χ0) is 16.4. The smallest absolute Gasteiger partial charge is 0.315 e. The third-order valence-electron chi connectivity index (χ3n) is 4.26. The number of nitrogens with one attached hydrogen (secondary N) is 2. The molecule has 0 bridgehead atoms. The van der Waals surface area contributed by atoms with Gasteiger partial charge in [0.1, 0.15) is 5.82 Å². The number of benzene rings is 1. The first-order valence-electron chi connectivity index (χ1n) is 7.81. The van der Waals surface area contributed by atoms with Crippen molar-refractivity contribution in [2.75, 3.05) is 13.2 Å². The second-order valence-corrected chi connectivity index (χ2v) is 6.28. The van der Waals surface area contributed by atoms with Crippen LogP contribution < -0.4 is 10.6 Å². The van der Waals surface area contributed by atoms with Crippen molar-refractivity contribution < 1.29 is 9.53 Å². The van der Waals surface area contributed by atoms with E-state index in [0.717, 1.165) is 23.3 Å². The van der Waals surface area contributed by atoms with Crippen molar-refractivity contribution in [1.29, 1.82) is 0 Å². The maximum Gasteiger partial charge on any atom is 0.315 e. The van der Waals surface area contributed by atoms with Crippen molar-refractivity contribution in [2.45, 2.75) is 31.9 Å². The van der Waals surface area contributed by atoms with Crippen LogP contribution >= 0.6 is 11.6 Å². The average molecular weight is 337 g/mol. The minimum absolute atomic E-state index is 0.0744. The lowest BCUT2D eigenvalue weighted by Crippen LogP contribution is -2.45. The molecule has 2 N–H and O–H groups in total. The highest BCUT2D eigenvalue weighted by molar-refractivity contribution is 6.31. The van der Waals surface area contributed by atoms with Gasteiger partial charge >= 0.3 is 6.03 Å². The SMILES string of the molecule is C[C@@H]1OCC[C@@H]1NC(=O)NCCc1nc2cc(Cl)ccc2n1C. The Morgan fingerprint density at radius 2 is 2.35 bits per heavy atom. The summed E-state index contributed by atoms with van der Waals surface area (Å²) in [5.41, 5.74) is 1.90. The van der Waals surface area contributed by atoms with E-state index in [9.17, 15) is 4.79 Å². The molecule has 3 rings (SSSR count). The number of carbonyl (C=O) groups excluding carboxylic acids is 1. The molecule has 23 heavy (non-hydrogen) atoms. The Morgan fingerprint density at radius 1 is 1.52 bits per heavy atom. The van der Waals surface area contributed by atoms with E-state index in [1.807, 2.05) is 36.7 Å². The number of carbonyl (C=O) groups is 1. The number of aryl methyl sites for hydroxylation is 1. The quantitative estimate of drug-likeness (QED) is 0.899. The highest BCUT2D eigenvalue weighted by atomic mass is 35.5. The van der Waals surface area contributed by atoms with E-state index in [0.29, 0.717) is 24.6 Å². The van der Waals surface area contributed by atoms with Crippen LogP contribution in [0.25, 0.3) is 11.0 Å². The lowest BCUT2D eigenvalue weighted by Gasteiger charge is -2.16. The number of nitrogens with zero attached hydrogens (tertiary/aromatic N) is 2. The topological polar surface area (TPSA) is 68.2 Å². The van der Waals surface area contributed by atoms with Crippen LogP contribution in [0, 0.1) is 0 Å². The minimum Gasteiger partial charge on any atom is -0.376 e. The van der Waals surface area contributed by atoms with Crippen molar-refractivity contribution in [3.63, 3.8) is 0 Å². The molecule has 2 atom stereocenters. The molecular weight excluding hydrogens is 316 g/mol. The minimum atomic E-state index is -0.158. The Kier molecular flexibility index (Phi) is 4.73. The number of urea groups is 1. The van der Waals surface area contributed by atoms with Crippen LogP contribution in [0.1, 0.15) is 19.2 Å². The van der Waals surface area contributed by atoms with Gasteiger partial charge in [0.25, 0.3) is 0 Å². The average Bonchev–Trinajstić information content (AvgIpc) is 3.03. The summed E-state index contributed by atoms with van der Waals surface area (Å²) in [6.07, 6.45) is 1.60. The van der Waals surface area contributed by atoms with Gasteiger partial charge in [0, 0.05) is 31.6 Å². The number of amides is 2. The maximum absolute atomic E-state index is 11.9. The van der Waals surface area contributed by atoms with Gasteiger partial charge in [0.15, 0.2) is 0 Å². The standard InChI is InChI=1S/C16H21ClN4O2/c1-10-12(6-8-23-10)20-16(22)18-7-5-15-19-13-9-11(17)3-4-14(13)21(15)2/h3-4,9-10,12H,5-8H2,1-2H3,(H2,18,20,22)/t10-,12-/m0/s1. The summed E-state index contributed by atoms with van der Waals surface area (Å²) >= 11 is 5.99. The number of aromatic nitrogens is 2. The molecular formula is C16H21ClN4O2. The van der Waals surface area contributed by atoms with Crippen molar-refractivity contribution >= 4 is 28.7 Å². The Hall–Kier alpha value is -1.79. The molecule has 6 nitrogen and oxygen atoms in total. The Labute approximate surface area is 140 Å². The van der Waals surface area contributed by atoms with Crippen LogP contribution in [0.5, 0.6) is 0 Å². The normalized spacial score (nSPS) is 20.8. The number of fused-ring (bicyclic) bond motifs is 1. The van der Waals surface area contributed by atoms with E-state index in [4.69, 9.17) is 16.3 Å². The highest BCUT2D eigenvalue weighted by Crippen LogP contribution is 2.19. The Bertz CT molecular complexity index is 715. The van der Waals surface area contributed by atoms with Gasteiger partial charge in [-0.05, 0) is 31.5 Å². The van der Waals surface area contributed by atoms with Gasteiger partial charge in [0.05, 0.1) is 23.2 Å². The van der Waals surface area contributed by atoms with Crippen LogP contribution in [0.15, 0.2) is 18.2 Å². The predicted octanol–water partition coefficient (Wildman–Crippen LogP) is 2.25. The van der Waals surface area contributed by atoms with Gasteiger partial charge in [-0.2, -0.15) is 0 Å². The molecule has 0 saturated carbocycles. The predicted molar refractivity (Wildman–Crippen MR) is 89.8 cm³/mol. The lowest BCUT2D eigenvalue weighted by atomic mass is 10.2. The van der Waals surface area contributed by atoms with E-state index >= 15 is 0 Å². The van der Waals surface area contributed by atoms with E-state index in [1.165, 1.54) is 0 Å². The number of imidazole rings is 1. The number of hydrogen-bond donors (Lipinski definition) is 2. The van der Waals surface area contributed by atoms with Crippen LogP contribution in [0.2, 0.25) is 5.02 Å². The molecule has 1 aliphatic heterocycles. The van der Waals surface area contributed by atoms with Crippen molar-refractivity contribution in [3.05, 3.63) is 29.0 Å². The van der Waals surface area contributed by atoms with Crippen LogP contribution in [-0.4, -0.2) is 40.9 Å². The Balaban J connectivity index is 1.54. The largest absolute Gasteiger partial charge is 0.376 e. The second-order valence-electron chi connectivity index (χ2n) is 5.84. The van der Waals surface area contributed by atoms with Gasteiger partial charge in [-0.25, -0.2) is 9.78 Å². The molecule has 0 radical (unpaired) electrons. The van der Waals surface area contributed by atoms with Gasteiger partial charge in [-0.15, -0.1) is 0 Å². The fraction of sp³-hybridized carbons (Fsp3) is 0.500. The van der Waals surface area contributed by atoms with E-state index in [1.54, 1.807) is 0 Å². The fourth-order valence-electron chi connectivity index (χ4n) is 2.87. The molecule has 7 heteroatoms. The molecule has 2 heterocycles. The zero-order valence-corrected chi connectivity index (χ0v) is 14.1. The summed E-state index contributed by atoms with van der Waals surface area (Å²) in [5, 5.41) is 6.49. The summed E-state index contributed by atoms with van der Waals surface area (Å²) in [5.74, 6) is 0.917. The third-order valence-corrected chi connectivity index (χ3v) is 4.50. The first-order valence-corrected chi connectivity index (χ1v) is 8.19. The van der Waals surface area contributed by atoms with Crippen LogP contribution in [-0.2, 0) is 18.2 Å². The summed E-state index contributed by atoms with van der Waals surface area (Å²) in [6, 6.07) is 5.59. The Morgan fingerprint density at radius 3 is 3.09 bits per heavy atom. The number of hydrogen-bond acceptors (Lipinski definition) is 3. The van der Waals surface area contributed by atoms with Crippen LogP contribution in [0.4, 0.5) is 4.79 Å². The van der Waals surface area contributed by atoms with E-state index < -0.39 is 0 Å². The molecule has 1 aromatic heterocycles. The second kappa shape index (κ2) is 6.76. The number of halogens is 1. The van der Waals surface area contributed by atoms with E-state index in [2.05, 4.69) is 15.6 Å². The molecule has 1 saturated heterocycles. The van der Waals surface area contributed by atoms with Crippen molar-refractivity contribution in [2.24, 2.45) is 7.05 Å². The van der Waals surface area contributed by atoms with Gasteiger partial charge in [-0.3, -0.25) is 0 Å². The summed E-state index contributed by atoms with van der Waals surface area (Å²) in [4.78, 5) is 16.5. The fourth-order valence-corrected chi connectivity index (χ4v) is 3.04. The van der Waals surface area contributed by atoms with Crippen LogP contribution in [0.3, 0.4) is 0 Å².